The number of fused-ring (bicyclic) bond motifs is 3. The van der Waals surface area contributed by atoms with E-state index in [9.17, 15) is 4.79 Å². The van der Waals surface area contributed by atoms with Crippen LogP contribution in [0.4, 0.5) is 5.69 Å². The van der Waals surface area contributed by atoms with Gasteiger partial charge in [-0.05, 0) is 40.8 Å². The normalized spacial score (nSPS) is 13.4. The van der Waals surface area contributed by atoms with E-state index in [0.29, 0.717) is 6.54 Å². The van der Waals surface area contributed by atoms with Crippen molar-refractivity contribution in [1.29, 1.82) is 0 Å². The fourth-order valence-electron chi connectivity index (χ4n) is 2.90. The molecule has 1 amide bonds. The first-order valence-electron chi connectivity index (χ1n) is 7.45. The Labute approximate surface area is 130 Å². The molecule has 0 aliphatic heterocycles. The highest BCUT2D eigenvalue weighted by atomic mass is 16.5. The Balaban J connectivity index is 1.73. The molecule has 1 aliphatic carbocycles. The number of rotatable bonds is 5. The van der Waals surface area contributed by atoms with Crippen LogP contribution < -0.4 is 11.1 Å². The molecule has 4 heteroatoms. The van der Waals surface area contributed by atoms with Gasteiger partial charge in [0, 0.05) is 19.3 Å². The molecule has 0 aromatic heterocycles. The largest absolute Gasteiger partial charge is 0.380 e. The second kappa shape index (κ2) is 6.30. The van der Waals surface area contributed by atoms with E-state index in [0.717, 1.165) is 12.1 Å². The standard InChI is InChI=1S/C18H20N2O2/c1-22-15(11-19)10-18(21)20-14-6-7-17-13(9-14)8-12-4-2-3-5-16(12)17/h2-7,9,15H,8,10-11,19H2,1H3,(H,20,21). The van der Waals surface area contributed by atoms with Crippen LogP contribution in [0.2, 0.25) is 0 Å². The first kappa shape index (κ1) is 14.8. The summed E-state index contributed by atoms with van der Waals surface area (Å²) in [5, 5.41) is 2.92. The minimum atomic E-state index is -0.237. The van der Waals surface area contributed by atoms with Crippen LogP contribution in [0.1, 0.15) is 17.5 Å². The summed E-state index contributed by atoms with van der Waals surface area (Å²) >= 11 is 0. The van der Waals surface area contributed by atoms with Gasteiger partial charge >= 0.3 is 0 Å². The monoisotopic (exact) mass is 296 g/mol. The van der Waals surface area contributed by atoms with Crippen LogP contribution >= 0.6 is 0 Å². The van der Waals surface area contributed by atoms with Gasteiger partial charge in [-0.2, -0.15) is 0 Å². The molecule has 0 radical (unpaired) electrons. The zero-order valence-corrected chi connectivity index (χ0v) is 12.6. The number of hydrogen-bond acceptors (Lipinski definition) is 3. The summed E-state index contributed by atoms with van der Waals surface area (Å²) in [5.74, 6) is -0.0761. The van der Waals surface area contributed by atoms with E-state index in [2.05, 4.69) is 41.7 Å². The molecule has 3 N–H and O–H groups in total. The van der Waals surface area contributed by atoms with Gasteiger partial charge in [0.05, 0.1) is 12.5 Å². The Bertz CT molecular complexity index is 693. The summed E-state index contributed by atoms with van der Waals surface area (Å²) < 4.78 is 5.14. The van der Waals surface area contributed by atoms with Crippen LogP contribution in [-0.4, -0.2) is 25.7 Å². The van der Waals surface area contributed by atoms with Crippen LogP contribution in [0.15, 0.2) is 42.5 Å². The summed E-state index contributed by atoms with van der Waals surface area (Å²) in [7, 11) is 1.57. The molecule has 1 unspecified atom stereocenters. The molecule has 0 bridgehead atoms. The maximum Gasteiger partial charge on any atom is 0.227 e. The molecule has 2 aromatic carbocycles. The second-order valence-corrected chi connectivity index (χ2v) is 5.55. The number of carbonyl (C=O) groups is 1. The molecule has 2 aromatic rings. The number of anilines is 1. The number of amides is 1. The Hall–Kier alpha value is -2.17. The zero-order valence-electron chi connectivity index (χ0n) is 12.6. The smallest absolute Gasteiger partial charge is 0.227 e. The number of nitrogens with one attached hydrogen (secondary N) is 1. The molecule has 1 atom stereocenters. The van der Waals surface area contributed by atoms with Gasteiger partial charge in [0.1, 0.15) is 0 Å². The maximum absolute atomic E-state index is 12.0. The fraction of sp³-hybridized carbons (Fsp3) is 0.278. The lowest BCUT2D eigenvalue weighted by molar-refractivity contribution is -0.118. The van der Waals surface area contributed by atoms with Crippen molar-refractivity contribution in [3.05, 3.63) is 53.6 Å². The summed E-state index contributed by atoms with van der Waals surface area (Å²) in [4.78, 5) is 12.0. The number of benzene rings is 2. The quantitative estimate of drug-likeness (QED) is 0.760. The maximum atomic E-state index is 12.0. The van der Waals surface area contributed by atoms with Crippen LogP contribution in [-0.2, 0) is 16.0 Å². The van der Waals surface area contributed by atoms with Crippen molar-refractivity contribution in [1.82, 2.24) is 0 Å². The topological polar surface area (TPSA) is 64.3 Å². The van der Waals surface area contributed by atoms with E-state index in [1.165, 1.54) is 22.3 Å². The van der Waals surface area contributed by atoms with E-state index >= 15 is 0 Å². The van der Waals surface area contributed by atoms with Gasteiger partial charge in [-0.3, -0.25) is 4.79 Å². The first-order valence-corrected chi connectivity index (χ1v) is 7.45. The van der Waals surface area contributed by atoms with Crippen LogP contribution in [0.25, 0.3) is 11.1 Å². The highest BCUT2D eigenvalue weighted by Crippen LogP contribution is 2.37. The summed E-state index contributed by atoms with van der Waals surface area (Å²) in [6, 6.07) is 14.5. The lowest BCUT2D eigenvalue weighted by atomic mass is 10.1. The molecule has 4 nitrogen and oxygen atoms in total. The average molecular weight is 296 g/mol. The fourth-order valence-corrected chi connectivity index (χ4v) is 2.90. The third-order valence-corrected chi connectivity index (χ3v) is 4.09. The van der Waals surface area contributed by atoms with Crippen LogP contribution in [0.3, 0.4) is 0 Å². The Kier molecular flexibility index (Phi) is 4.22. The molecule has 0 spiro atoms. The lowest BCUT2D eigenvalue weighted by Gasteiger charge is -2.13. The average Bonchev–Trinajstić information content (AvgIpc) is 2.90. The summed E-state index contributed by atoms with van der Waals surface area (Å²) in [6.45, 7) is 0.337. The van der Waals surface area contributed by atoms with Gasteiger partial charge < -0.3 is 15.8 Å². The molecular formula is C18H20N2O2. The van der Waals surface area contributed by atoms with Crippen molar-refractivity contribution in [2.45, 2.75) is 18.9 Å². The van der Waals surface area contributed by atoms with E-state index in [1.807, 2.05) is 6.07 Å². The van der Waals surface area contributed by atoms with E-state index in [4.69, 9.17) is 10.5 Å². The highest BCUT2D eigenvalue weighted by Gasteiger charge is 2.18. The second-order valence-electron chi connectivity index (χ2n) is 5.55. The van der Waals surface area contributed by atoms with Gasteiger partial charge in [-0.1, -0.05) is 30.3 Å². The number of methoxy groups -OCH3 is 1. The Morgan fingerprint density at radius 2 is 2.00 bits per heavy atom. The Morgan fingerprint density at radius 1 is 1.23 bits per heavy atom. The van der Waals surface area contributed by atoms with Crippen molar-refractivity contribution in [2.75, 3.05) is 19.0 Å². The molecule has 3 rings (SSSR count). The predicted octanol–water partition coefficient (Wildman–Crippen LogP) is 2.56. The van der Waals surface area contributed by atoms with Crippen molar-refractivity contribution < 1.29 is 9.53 Å². The molecule has 22 heavy (non-hydrogen) atoms. The number of carbonyl (C=O) groups excluding carboxylic acids is 1. The summed E-state index contributed by atoms with van der Waals surface area (Å²) in [6.07, 6.45) is 0.946. The van der Waals surface area contributed by atoms with Crippen molar-refractivity contribution >= 4 is 11.6 Å². The molecule has 0 fully saturated rings. The predicted molar refractivity (Wildman–Crippen MR) is 87.8 cm³/mol. The number of nitrogens with two attached hydrogens (primary N) is 1. The zero-order chi connectivity index (χ0) is 15.5. The van der Waals surface area contributed by atoms with Gasteiger partial charge in [0.2, 0.25) is 5.91 Å². The SMILES string of the molecule is COC(CN)CC(=O)Nc1ccc2c(c1)Cc1ccccc1-2. The lowest BCUT2D eigenvalue weighted by Crippen LogP contribution is -2.28. The van der Waals surface area contributed by atoms with E-state index in [1.54, 1.807) is 7.11 Å². The van der Waals surface area contributed by atoms with Crippen LogP contribution in [0, 0.1) is 0 Å². The molecule has 114 valence electrons. The van der Waals surface area contributed by atoms with Gasteiger partial charge in [-0.15, -0.1) is 0 Å². The summed E-state index contributed by atoms with van der Waals surface area (Å²) in [5.41, 5.74) is 11.5. The van der Waals surface area contributed by atoms with Gasteiger partial charge in [-0.25, -0.2) is 0 Å². The molecule has 0 heterocycles. The molecule has 0 saturated heterocycles. The van der Waals surface area contributed by atoms with Crippen molar-refractivity contribution in [3.63, 3.8) is 0 Å². The molecule has 0 saturated carbocycles. The van der Waals surface area contributed by atoms with E-state index in [-0.39, 0.29) is 18.4 Å². The van der Waals surface area contributed by atoms with Crippen LogP contribution in [0.5, 0.6) is 0 Å². The van der Waals surface area contributed by atoms with Gasteiger partial charge in [0.15, 0.2) is 0 Å². The third-order valence-electron chi connectivity index (χ3n) is 4.09. The first-order chi connectivity index (χ1) is 10.7. The van der Waals surface area contributed by atoms with E-state index < -0.39 is 0 Å². The minimum Gasteiger partial charge on any atom is -0.380 e. The Morgan fingerprint density at radius 3 is 2.77 bits per heavy atom. The number of ether oxygens (including phenoxy) is 1. The van der Waals surface area contributed by atoms with Crippen molar-refractivity contribution in [2.24, 2.45) is 5.73 Å². The number of hydrogen-bond donors (Lipinski definition) is 2. The highest BCUT2D eigenvalue weighted by molar-refractivity contribution is 5.92. The van der Waals surface area contributed by atoms with Crippen molar-refractivity contribution in [3.8, 4) is 11.1 Å². The third kappa shape index (κ3) is 2.89. The molecular weight excluding hydrogens is 276 g/mol. The molecule has 1 aliphatic rings. The minimum absolute atomic E-state index is 0.0761. The van der Waals surface area contributed by atoms with Gasteiger partial charge in [0.25, 0.3) is 0 Å².